The van der Waals surface area contributed by atoms with Crippen LogP contribution < -0.4 is 21.9 Å². The van der Waals surface area contributed by atoms with E-state index in [1.54, 1.807) is 14.0 Å². The summed E-state index contributed by atoms with van der Waals surface area (Å²) in [5, 5.41) is 6.12. The van der Waals surface area contributed by atoms with Crippen LogP contribution in [0.2, 0.25) is 0 Å². The zero-order chi connectivity index (χ0) is 22.3. The van der Waals surface area contributed by atoms with E-state index in [0.717, 1.165) is 15.7 Å². The monoisotopic (exact) mass is 416 g/mol. The number of rotatable bonds is 3. The summed E-state index contributed by atoms with van der Waals surface area (Å²) in [4.78, 5) is 39.2. The van der Waals surface area contributed by atoms with Gasteiger partial charge in [0.25, 0.3) is 11.5 Å². The second-order valence-corrected chi connectivity index (χ2v) is 7.74. The molecule has 4 rings (SSSR count). The summed E-state index contributed by atoms with van der Waals surface area (Å²) in [5.74, 6) is -0.506. The van der Waals surface area contributed by atoms with Gasteiger partial charge in [0.1, 0.15) is 5.82 Å². The molecule has 0 fully saturated rings. The molecule has 1 amide bonds. The van der Waals surface area contributed by atoms with E-state index in [1.807, 2.05) is 61.5 Å². The molecular formula is C24H24N4O3. The van der Waals surface area contributed by atoms with E-state index in [1.165, 1.54) is 11.6 Å². The zero-order valence-electron chi connectivity index (χ0n) is 17.9. The Hall–Kier alpha value is -3.87. The SMILES string of the molecule is CC1=C(C(=O)Nc2ccccc2C)[C@H](c2ccccc2)c2c(n(C)c(=O)n(C)c2=O)N1. The fraction of sp³-hybridized carbons (Fsp3) is 0.208. The molecule has 0 unspecified atom stereocenters. The molecule has 7 heteroatoms. The van der Waals surface area contributed by atoms with Gasteiger partial charge in [0.05, 0.1) is 11.5 Å². The molecule has 0 bridgehead atoms. The van der Waals surface area contributed by atoms with Gasteiger partial charge >= 0.3 is 5.69 Å². The minimum Gasteiger partial charge on any atom is -0.344 e. The number of allylic oxidation sites excluding steroid dienone is 1. The Kier molecular flexibility index (Phi) is 5.10. The summed E-state index contributed by atoms with van der Waals surface area (Å²) >= 11 is 0. The summed E-state index contributed by atoms with van der Waals surface area (Å²) in [6, 6.07) is 16.9. The van der Waals surface area contributed by atoms with Gasteiger partial charge in [-0.05, 0) is 31.0 Å². The van der Waals surface area contributed by atoms with Crippen LogP contribution in [0.25, 0.3) is 0 Å². The highest BCUT2D eigenvalue weighted by atomic mass is 16.2. The van der Waals surface area contributed by atoms with Crippen molar-refractivity contribution >= 4 is 17.4 Å². The number of nitrogens with zero attached hydrogens (tertiary/aromatic N) is 2. The number of aromatic nitrogens is 2. The average Bonchev–Trinajstić information content (AvgIpc) is 2.77. The molecule has 0 saturated heterocycles. The van der Waals surface area contributed by atoms with E-state index in [-0.39, 0.29) is 5.91 Å². The first kappa shape index (κ1) is 20.4. The van der Waals surface area contributed by atoms with E-state index >= 15 is 0 Å². The molecule has 2 N–H and O–H groups in total. The number of benzene rings is 2. The zero-order valence-corrected chi connectivity index (χ0v) is 17.9. The van der Waals surface area contributed by atoms with Crippen LogP contribution in [0.15, 0.2) is 75.5 Å². The van der Waals surface area contributed by atoms with Gasteiger partial charge in [0.15, 0.2) is 0 Å². The van der Waals surface area contributed by atoms with Gasteiger partial charge in [-0.3, -0.25) is 18.7 Å². The number of carbonyl (C=O) groups is 1. The summed E-state index contributed by atoms with van der Waals surface area (Å²) in [6.45, 7) is 3.71. The van der Waals surface area contributed by atoms with Crippen molar-refractivity contribution in [3.8, 4) is 0 Å². The van der Waals surface area contributed by atoms with Gasteiger partial charge in [-0.15, -0.1) is 0 Å². The highest BCUT2D eigenvalue weighted by Crippen LogP contribution is 2.39. The Labute approximate surface area is 179 Å². The van der Waals surface area contributed by atoms with E-state index in [2.05, 4.69) is 10.6 Å². The topological polar surface area (TPSA) is 85.1 Å². The number of fused-ring (bicyclic) bond motifs is 1. The first-order chi connectivity index (χ1) is 14.8. The van der Waals surface area contributed by atoms with Crippen molar-refractivity contribution in [2.24, 2.45) is 14.1 Å². The van der Waals surface area contributed by atoms with E-state index < -0.39 is 17.2 Å². The third-order valence-electron chi connectivity index (χ3n) is 5.76. The van der Waals surface area contributed by atoms with Crippen LogP contribution in [0.4, 0.5) is 11.5 Å². The lowest BCUT2D eigenvalue weighted by Gasteiger charge is -2.31. The average molecular weight is 416 g/mol. The van der Waals surface area contributed by atoms with Crippen LogP contribution in [0.1, 0.15) is 29.5 Å². The Balaban J connectivity index is 1.94. The van der Waals surface area contributed by atoms with Crippen molar-refractivity contribution in [3.63, 3.8) is 0 Å². The molecule has 31 heavy (non-hydrogen) atoms. The highest BCUT2D eigenvalue weighted by molar-refractivity contribution is 6.07. The largest absolute Gasteiger partial charge is 0.344 e. The number of anilines is 2. The van der Waals surface area contributed by atoms with Gasteiger partial charge in [-0.25, -0.2) is 4.79 Å². The standard InChI is InChI=1S/C24H24N4O3/c1-14-10-8-9-13-17(14)26-22(29)18-15(2)25-21-20(19(18)16-11-6-5-7-12-16)23(30)28(4)24(31)27(21)3/h5-13,19,25H,1-4H3,(H,26,29)/t19-/m0/s1. The van der Waals surface area contributed by atoms with E-state index in [9.17, 15) is 14.4 Å². The third kappa shape index (κ3) is 3.38. The predicted octanol–water partition coefficient (Wildman–Crippen LogP) is 2.86. The maximum absolute atomic E-state index is 13.5. The molecule has 1 atom stereocenters. The fourth-order valence-corrected chi connectivity index (χ4v) is 4.07. The molecule has 0 radical (unpaired) electrons. The lowest BCUT2D eigenvalue weighted by Crippen LogP contribution is -2.43. The molecule has 1 aliphatic heterocycles. The molecule has 158 valence electrons. The van der Waals surface area contributed by atoms with Crippen LogP contribution in [-0.2, 0) is 18.9 Å². The maximum atomic E-state index is 13.5. The van der Waals surface area contributed by atoms with Crippen molar-refractivity contribution in [1.29, 1.82) is 0 Å². The molecule has 2 aromatic carbocycles. The number of carbonyl (C=O) groups excluding carboxylic acids is 1. The van der Waals surface area contributed by atoms with Crippen LogP contribution in [-0.4, -0.2) is 15.0 Å². The normalized spacial score (nSPS) is 15.3. The molecule has 3 aromatic rings. The molecule has 1 aromatic heterocycles. The number of para-hydroxylation sites is 1. The number of nitrogens with one attached hydrogen (secondary N) is 2. The minimum absolute atomic E-state index is 0.297. The molecule has 0 spiro atoms. The van der Waals surface area contributed by atoms with Crippen LogP contribution in [0.3, 0.4) is 0 Å². The molecule has 0 aliphatic carbocycles. The van der Waals surface area contributed by atoms with Crippen molar-refractivity contribution in [3.05, 3.63) is 103 Å². The van der Waals surface area contributed by atoms with Gasteiger partial charge in [-0.1, -0.05) is 48.5 Å². The number of hydrogen-bond acceptors (Lipinski definition) is 4. The van der Waals surface area contributed by atoms with Crippen molar-refractivity contribution < 1.29 is 4.79 Å². The molecule has 0 saturated carbocycles. The second-order valence-electron chi connectivity index (χ2n) is 7.74. The molecule has 2 heterocycles. The molecule has 7 nitrogen and oxygen atoms in total. The fourth-order valence-electron chi connectivity index (χ4n) is 4.07. The molecule has 1 aliphatic rings. The van der Waals surface area contributed by atoms with Gasteiger partial charge in [0.2, 0.25) is 0 Å². The van der Waals surface area contributed by atoms with Gasteiger partial charge < -0.3 is 10.6 Å². The van der Waals surface area contributed by atoms with Crippen molar-refractivity contribution in [2.75, 3.05) is 10.6 Å². The minimum atomic E-state index is -0.619. The van der Waals surface area contributed by atoms with Crippen molar-refractivity contribution in [2.45, 2.75) is 19.8 Å². The summed E-state index contributed by atoms with van der Waals surface area (Å²) in [6.07, 6.45) is 0. The van der Waals surface area contributed by atoms with Crippen LogP contribution >= 0.6 is 0 Å². The van der Waals surface area contributed by atoms with Crippen molar-refractivity contribution in [1.82, 2.24) is 9.13 Å². The Bertz CT molecular complexity index is 1330. The van der Waals surface area contributed by atoms with Gasteiger partial charge in [0, 0.05) is 31.1 Å². The van der Waals surface area contributed by atoms with E-state index in [0.29, 0.717) is 28.3 Å². The lowest BCUT2D eigenvalue weighted by atomic mass is 9.81. The summed E-state index contributed by atoms with van der Waals surface area (Å²) in [7, 11) is 3.06. The predicted molar refractivity (Wildman–Crippen MR) is 121 cm³/mol. The summed E-state index contributed by atoms with van der Waals surface area (Å²) in [5.41, 5.74) is 3.00. The highest BCUT2D eigenvalue weighted by Gasteiger charge is 2.36. The number of aryl methyl sites for hydroxylation is 1. The van der Waals surface area contributed by atoms with Crippen LogP contribution in [0, 0.1) is 6.92 Å². The maximum Gasteiger partial charge on any atom is 0.332 e. The third-order valence-corrected chi connectivity index (χ3v) is 5.76. The number of hydrogen-bond donors (Lipinski definition) is 2. The smallest absolute Gasteiger partial charge is 0.332 e. The Morgan fingerprint density at radius 2 is 1.58 bits per heavy atom. The molecular weight excluding hydrogens is 392 g/mol. The summed E-state index contributed by atoms with van der Waals surface area (Å²) < 4.78 is 2.49. The van der Waals surface area contributed by atoms with E-state index in [4.69, 9.17) is 0 Å². The Morgan fingerprint density at radius 1 is 0.935 bits per heavy atom. The first-order valence-electron chi connectivity index (χ1n) is 10.0. The lowest BCUT2D eigenvalue weighted by molar-refractivity contribution is -0.113. The van der Waals surface area contributed by atoms with Gasteiger partial charge in [-0.2, -0.15) is 0 Å². The first-order valence-corrected chi connectivity index (χ1v) is 10.0. The Morgan fingerprint density at radius 3 is 2.26 bits per heavy atom. The quantitative estimate of drug-likeness (QED) is 0.688. The second kappa shape index (κ2) is 7.75. The van der Waals surface area contributed by atoms with Crippen LogP contribution in [0.5, 0.6) is 0 Å². The number of amides is 1.